The maximum Gasteiger partial charge on any atom is 0.328 e. The third-order valence-corrected chi connectivity index (χ3v) is 2.03. The lowest BCUT2D eigenvalue weighted by Crippen LogP contribution is -1.91. The summed E-state index contributed by atoms with van der Waals surface area (Å²) in [6, 6.07) is 10.6. The van der Waals surface area contributed by atoms with Gasteiger partial charge >= 0.3 is 11.9 Å². The summed E-state index contributed by atoms with van der Waals surface area (Å²) in [6.45, 7) is 2.23. The van der Waals surface area contributed by atoms with E-state index < -0.39 is 11.9 Å². The molecule has 2 N–H and O–H groups in total. The zero-order valence-electron chi connectivity index (χ0n) is 10.4. The SMILES string of the molecule is CCCCc1ccccc1.O=C(O)/C=C\C(=O)O. The number of aryl methyl sites for hydroxylation is 1. The van der Waals surface area contributed by atoms with Crippen LogP contribution in [0.15, 0.2) is 42.5 Å². The Labute approximate surface area is 107 Å². The van der Waals surface area contributed by atoms with Crippen molar-refractivity contribution in [2.75, 3.05) is 0 Å². The molecule has 4 heteroatoms. The van der Waals surface area contributed by atoms with E-state index in [0.29, 0.717) is 12.2 Å². The maximum absolute atomic E-state index is 9.55. The van der Waals surface area contributed by atoms with Gasteiger partial charge in [-0.15, -0.1) is 0 Å². The molecule has 1 aromatic carbocycles. The van der Waals surface area contributed by atoms with Gasteiger partial charge < -0.3 is 10.2 Å². The third kappa shape index (κ3) is 10.4. The number of carbonyl (C=O) groups is 2. The molecule has 0 fully saturated rings. The van der Waals surface area contributed by atoms with E-state index in [9.17, 15) is 9.59 Å². The van der Waals surface area contributed by atoms with Crippen LogP contribution in [-0.2, 0) is 16.0 Å². The van der Waals surface area contributed by atoms with Crippen LogP contribution in [0.3, 0.4) is 0 Å². The number of unbranched alkanes of at least 4 members (excludes halogenated alkanes) is 1. The van der Waals surface area contributed by atoms with E-state index >= 15 is 0 Å². The predicted octanol–water partition coefficient (Wildman–Crippen LogP) is 2.74. The average Bonchev–Trinajstić information content (AvgIpc) is 2.36. The summed E-state index contributed by atoms with van der Waals surface area (Å²) in [5.41, 5.74) is 1.46. The Hall–Kier alpha value is -2.10. The molecule has 0 saturated heterocycles. The fourth-order valence-electron chi connectivity index (χ4n) is 1.17. The zero-order chi connectivity index (χ0) is 13.8. The van der Waals surface area contributed by atoms with Crippen LogP contribution in [-0.4, -0.2) is 22.2 Å². The van der Waals surface area contributed by atoms with Gasteiger partial charge in [0.1, 0.15) is 0 Å². The van der Waals surface area contributed by atoms with Crippen LogP contribution >= 0.6 is 0 Å². The molecule has 4 nitrogen and oxygen atoms in total. The lowest BCUT2D eigenvalue weighted by atomic mass is 10.1. The van der Waals surface area contributed by atoms with E-state index in [0.717, 1.165) is 0 Å². The Morgan fingerprint density at radius 2 is 1.56 bits per heavy atom. The van der Waals surface area contributed by atoms with E-state index in [-0.39, 0.29) is 0 Å². The average molecular weight is 250 g/mol. The fourth-order valence-corrected chi connectivity index (χ4v) is 1.17. The summed E-state index contributed by atoms with van der Waals surface area (Å²) in [7, 11) is 0. The molecule has 0 saturated carbocycles. The van der Waals surface area contributed by atoms with Crippen molar-refractivity contribution in [2.45, 2.75) is 26.2 Å². The minimum atomic E-state index is -1.26. The summed E-state index contributed by atoms with van der Waals surface area (Å²) < 4.78 is 0. The fraction of sp³-hybridized carbons (Fsp3) is 0.286. The van der Waals surface area contributed by atoms with E-state index in [1.165, 1.54) is 24.8 Å². The molecule has 1 rings (SSSR count). The highest BCUT2D eigenvalue weighted by Gasteiger charge is 1.88. The molecule has 1 aromatic rings. The largest absolute Gasteiger partial charge is 0.478 e. The lowest BCUT2D eigenvalue weighted by Gasteiger charge is -1.96. The first-order chi connectivity index (χ1) is 8.56. The van der Waals surface area contributed by atoms with Crippen molar-refractivity contribution in [1.82, 2.24) is 0 Å². The van der Waals surface area contributed by atoms with Crippen LogP contribution in [0.25, 0.3) is 0 Å². The summed E-state index contributed by atoms with van der Waals surface area (Å²) in [5, 5.41) is 15.6. The van der Waals surface area contributed by atoms with E-state index in [4.69, 9.17) is 10.2 Å². The normalized spacial score (nSPS) is 9.61. The zero-order valence-corrected chi connectivity index (χ0v) is 10.4. The molecule has 0 aliphatic rings. The van der Waals surface area contributed by atoms with Gasteiger partial charge in [-0.2, -0.15) is 0 Å². The first-order valence-electron chi connectivity index (χ1n) is 5.74. The molecule has 0 aliphatic carbocycles. The molecule has 0 radical (unpaired) electrons. The van der Waals surface area contributed by atoms with Crippen molar-refractivity contribution in [3.63, 3.8) is 0 Å². The van der Waals surface area contributed by atoms with Gasteiger partial charge in [0.25, 0.3) is 0 Å². The van der Waals surface area contributed by atoms with E-state index in [1.54, 1.807) is 0 Å². The van der Waals surface area contributed by atoms with Crippen molar-refractivity contribution >= 4 is 11.9 Å². The molecular formula is C14H18O4. The Kier molecular flexibility index (Phi) is 8.90. The standard InChI is InChI=1S/C10H14.C4H4O4/c1-2-3-7-10-8-5-4-6-9-10;5-3(6)1-2-4(7)8/h4-6,8-9H,2-3,7H2,1H3;1-2H,(H,5,6)(H,7,8)/b;2-1-. The van der Waals surface area contributed by atoms with Crippen LogP contribution in [0, 0.1) is 0 Å². The van der Waals surface area contributed by atoms with E-state index in [2.05, 4.69) is 37.3 Å². The highest BCUT2D eigenvalue weighted by atomic mass is 16.4. The molecule has 0 unspecified atom stereocenters. The highest BCUT2D eigenvalue weighted by Crippen LogP contribution is 2.03. The Balaban J connectivity index is 0.000000331. The van der Waals surface area contributed by atoms with Crippen LogP contribution in [0.5, 0.6) is 0 Å². The smallest absolute Gasteiger partial charge is 0.328 e. The molecule has 0 spiro atoms. The first kappa shape index (κ1) is 15.9. The van der Waals surface area contributed by atoms with E-state index in [1.807, 2.05) is 0 Å². The number of rotatable bonds is 5. The Morgan fingerprint density at radius 1 is 1.06 bits per heavy atom. The Morgan fingerprint density at radius 3 is 1.94 bits per heavy atom. The molecular weight excluding hydrogens is 232 g/mol. The van der Waals surface area contributed by atoms with Crippen LogP contribution < -0.4 is 0 Å². The van der Waals surface area contributed by atoms with Crippen LogP contribution in [0.2, 0.25) is 0 Å². The lowest BCUT2D eigenvalue weighted by molar-refractivity contribution is -0.134. The molecule has 0 amide bonds. The molecule has 0 aliphatic heterocycles. The molecule has 98 valence electrons. The monoisotopic (exact) mass is 250 g/mol. The summed E-state index contributed by atoms with van der Waals surface area (Å²) in [6.07, 6.45) is 4.95. The van der Waals surface area contributed by atoms with Crippen molar-refractivity contribution in [1.29, 1.82) is 0 Å². The van der Waals surface area contributed by atoms with Gasteiger partial charge in [0.05, 0.1) is 0 Å². The minimum absolute atomic E-state index is 0.558. The molecule has 0 aromatic heterocycles. The van der Waals surface area contributed by atoms with Crippen molar-refractivity contribution in [2.24, 2.45) is 0 Å². The maximum atomic E-state index is 9.55. The first-order valence-corrected chi connectivity index (χ1v) is 5.74. The number of hydrogen-bond donors (Lipinski definition) is 2. The Bertz CT molecular complexity index is 366. The van der Waals surface area contributed by atoms with Gasteiger partial charge in [0.15, 0.2) is 0 Å². The van der Waals surface area contributed by atoms with Crippen molar-refractivity contribution in [3.05, 3.63) is 48.0 Å². The van der Waals surface area contributed by atoms with Gasteiger partial charge in [-0.3, -0.25) is 0 Å². The number of benzene rings is 1. The van der Waals surface area contributed by atoms with Crippen LogP contribution in [0.4, 0.5) is 0 Å². The second kappa shape index (κ2) is 10.1. The van der Waals surface area contributed by atoms with Gasteiger partial charge in [-0.05, 0) is 18.4 Å². The van der Waals surface area contributed by atoms with Gasteiger partial charge in [0.2, 0.25) is 0 Å². The topological polar surface area (TPSA) is 74.6 Å². The summed E-state index contributed by atoms with van der Waals surface area (Å²) >= 11 is 0. The van der Waals surface area contributed by atoms with Crippen LogP contribution in [0.1, 0.15) is 25.3 Å². The number of carboxylic acid groups (broad SMARTS) is 2. The molecule has 0 bridgehead atoms. The van der Waals surface area contributed by atoms with Crippen molar-refractivity contribution < 1.29 is 19.8 Å². The number of carboxylic acids is 2. The highest BCUT2D eigenvalue weighted by molar-refractivity contribution is 5.89. The van der Waals surface area contributed by atoms with Gasteiger partial charge in [0, 0.05) is 12.2 Å². The van der Waals surface area contributed by atoms with Crippen molar-refractivity contribution in [3.8, 4) is 0 Å². The second-order valence-corrected chi connectivity index (χ2v) is 3.60. The molecule has 0 atom stereocenters. The third-order valence-electron chi connectivity index (χ3n) is 2.03. The van der Waals surface area contributed by atoms with Gasteiger partial charge in [-0.1, -0.05) is 43.7 Å². The van der Waals surface area contributed by atoms with Gasteiger partial charge in [-0.25, -0.2) is 9.59 Å². The second-order valence-electron chi connectivity index (χ2n) is 3.60. The summed E-state index contributed by atoms with van der Waals surface area (Å²) in [5.74, 6) is -2.51. The molecule has 18 heavy (non-hydrogen) atoms. The predicted molar refractivity (Wildman–Crippen MR) is 69.5 cm³/mol. The summed E-state index contributed by atoms with van der Waals surface area (Å²) in [4.78, 5) is 19.1. The quantitative estimate of drug-likeness (QED) is 0.788. The number of hydrogen-bond acceptors (Lipinski definition) is 2. The number of aliphatic carboxylic acids is 2. The minimum Gasteiger partial charge on any atom is -0.478 e. The molecule has 0 heterocycles.